The number of carbonyl (C=O) groups is 3. The van der Waals surface area contributed by atoms with E-state index in [4.69, 9.17) is 18.9 Å². The molecule has 8 nitrogen and oxygen atoms in total. The van der Waals surface area contributed by atoms with Gasteiger partial charge in [0.15, 0.2) is 0 Å². The van der Waals surface area contributed by atoms with Crippen LogP contribution in [0.1, 0.15) is 47.5 Å². The number of hydrogen-bond donors (Lipinski definition) is 1. The third-order valence-electron chi connectivity index (χ3n) is 4.80. The van der Waals surface area contributed by atoms with E-state index in [0.29, 0.717) is 17.8 Å². The van der Waals surface area contributed by atoms with Gasteiger partial charge in [-0.15, -0.1) is 0 Å². The normalized spacial score (nSPS) is 29.7. The third kappa shape index (κ3) is 6.63. The number of carbonyl (C=O) groups excluding carboxylic acids is 3. The molecule has 0 radical (unpaired) electrons. The van der Waals surface area contributed by atoms with E-state index in [-0.39, 0.29) is 36.4 Å². The van der Waals surface area contributed by atoms with Gasteiger partial charge in [-0.3, -0.25) is 4.79 Å². The number of rotatable bonds is 6. The Bertz CT molecular complexity index is 859. The lowest BCUT2D eigenvalue weighted by molar-refractivity contribution is -0.148. The van der Waals surface area contributed by atoms with Crippen molar-refractivity contribution in [3.63, 3.8) is 0 Å². The topological polar surface area (TPSA) is 108 Å². The number of ether oxygens (including phenoxy) is 4. The predicted molar refractivity (Wildman–Crippen MR) is 112 cm³/mol. The molecule has 0 aromatic heterocycles. The second-order valence-corrected chi connectivity index (χ2v) is 8.07. The van der Waals surface area contributed by atoms with Gasteiger partial charge in [-0.25, -0.2) is 9.59 Å². The molecular formula is C23H30O8. The van der Waals surface area contributed by atoms with Crippen molar-refractivity contribution in [2.45, 2.75) is 65.3 Å². The maximum absolute atomic E-state index is 12.6. The summed E-state index contributed by atoms with van der Waals surface area (Å²) in [4.78, 5) is 36.4. The molecule has 2 rings (SSSR count). The van der Waals surface area contributed by atoms with Crippen LogP contribution in [0.25, 0.3) is 0 Å². The summed E-state index contributed by atoms with van der Waals surface area (Å²) >= 11 is 0. The molecular weight excluding hydrogens is 404 g/mol. The van der Waals surface area contributed by atoms with E-state index < -0.39 is 35.7 Å². The van der Waals surface area contributed by atoms with Crippen LogP contribution in [0, 0.1) is 0 Å². The quantitative estimate of drug-likeness (QED) is 0.386. The number of aliphatic hydroxyl groups is 1. The average Bonchev–Trinajstić information content (AvgIpc) is 2.91. The summed E-state index contributed by atoms with van der Waals surface area (Å²) in [6.07, 6.45) is 1.58. The second-order valence-electron chi connectivity index (χ2n) is 8.07. The minimum atomic E-state index is -1.41. The second kappa shape index (κ2) is 10.1. The summed E-state index contributed by atoms with van der Waals surface area (Å²) in [5, 5.41) is 11.1. The van der Waals surface area contributed by atoms with Crippen molar-refractivity contribution in [3.8, 4) is 0 Å². The Balaban J connectivity index is 2.64. The van der Waals surface area contributed by atoms with Crippen LogP contribution < -0.4 is 0 Å². The molecule has 0 aromatic carbocycles. The Hall–Kier alpha value is -2.71. The fourth-order valence-electron chi connectivity index (χ4n) is 3.52. The van der Waals surface area contributed by atoms with E-state index >= 15 is 0 Å². The Labute approximate surface area is 182 Å². The van der Waals surface area contributed by atoms with Crippen LogP contribution in [-0.2, 0) is 33.3 Å². The molecule has 3 atom stereocenters. The zero-order valence-electron chi connectivity index (χ0n) is 18.6. The van der Waals surface area contributed by atoms with Crippen LogP contribution in [-0.4, -0.2) is 54.0 Å². The molecule has 0 saturated heterocycles. The molecule has 2 aliphatic rings. The lowest BCUT2D eigenvalue weighted by Gasteiger charge is -2.32. The van der Waals surface area contributed by atoms with Gasteiger partial charge in [0.25, 0.3) is 0 Å². The van der Waals surface area contributed by atoms with Gasteiger partial charge < -0.3 is 24.1 Å². The van der Waals surface area contributed by atoms with E-state index in [9.17, 15) is 19.5 Å². The smallest absolute Gasteiger partial charge is 0.342 e. The number of hydrogen-bond acceptors (Lipinski definition) is 8. The van der Waals surface area contributed by atoms with Gasteiger partial charge in [0.2, 0.25) is 0 Å². The van der Waals surface area contributed by atoms with Gasteiger partial charge in [0.1, 0.15) is 18.0 Å². The highest BCUT2D eigenvalue weighted by atomic mass is 16.6. The van der Waals surface area contributed by atoms with Gasteiger partial charge in [-0.2, -0.15) is 0 Å². The van der Waals surface area contributed by atoms with Crippen LogP contribution in [0.4, 0.5) is 0 Å². The summed E-state index contributed by atoms with van der Waals surface area (Å²) < 4.78 is 21.8. The van der Waals surface area contributed by atoms with Crippen molar-refractivity contribution in [1.82, 2.24) is 0 Å². The molecule has 0 unspecified atom stereocenters. The first kappa shape index (κ1) is 24.6. The third-order valence-corrected chi connectivity index (χ3v) is 4.80. The average molecular weight is 434 g/mol. The Morgan fingerprint density at radius 3 is 2.55 bits per heavy atom. The first-order valence-electron chi connectivity index (χ1n) is 10.1. The van der Waals surface area contributed by atoms with E-state index in [1.807, 2.05) is 0 Å². The molecule has 0 amide bonds. The molecule has 170 valence electrons. The van der Waals surface area contributed by atoms with E-state index in [0.717, 1.165) is 0 Å². The maximum Gasteiger partial charge on any atom is 0.342 e. The highest BCUT2D eigenvalue weighted by Crippen LogP contribution is 2.37. The molecule has 1 aliphatic heterocycles. The van der Waals surface area contributed by atoms with E-state index in [2.05, 4.69) is 6.58 Å². The Morgan fingerprint density at radius 1 is 1.29 bits per heavy atom. The molecule has 31 heavy (non-hydrogen) atoms. The van der Waals surface area contributed by atoms with Crippen LogP contribution >= 0.6 is 0 Å². The fraction of sp³-hybridized carbons (Fsp3) is 0.522. The monoisotopic (exact) mass is 434 g/mol. The molecule has 1 heterocycles. The van der Waals surface area contributed by atoms with Crippen molar-refractivity contribution in [3.05, 3.63) is 46.8 Å². The van der Waals surface area contributed by atoms with Crippen molar-refractivity contribution in [2.75, 3.05) is 13.2 Å². The SMILES string of the molecule is C=C(C)C(=O)O[C@@H]1C[C@](C)(O)C[C@@H](OC(C)=O)/C=C(C)/C=C2/OC(=O)C(COCC)=C21. The zero-order chi connectivity index (χ0) is 23.3. The summed E-state index contributed by atoms with van der Waals surface area (Å²) in [6.45, 7) is 11.8. The largest absolute Gasteiger partial charge is 0.458 e. The van der Waals surface area contributed by atoms with E-state index in [1.165, 1.54) is 13.8 Å². The lowest BCUT2D eigenvalue weighted by Crippen LogP contribution is -2.38. The minimum Gasteiger partial charge on any atom is -0.458 e. The first-order chi connectivity index (χ1) is 14.4. The minimum absolute atomic E-state index is 0.0237. The van der Waals surface area contributed by atoms with Gasteiger partial charge in [0, 0.05) is 37.5 Å². The number of allylic oxidation sites excluding steroid dienone is 2. The maximum atomic E-state index is 12.6. The molecule has 1 N–H and O–H groups in total. The summed E-state index contributed by atoms with van der Waals surface area (Å²) in [5.74, 6) is -1.56. The molecule has 0 saturated carbocycles. The van der Waals surface area contributed by atoms with Gasteiger partial charge in [-0.1, -0.05) is 6.58 Å². The highest BCUT2D eigenvalue weighted by molar-refractivity contribution is 5.95. The highest BCUT2D eigenvalue weighted by Gasteiger charge is 2.41. The fourth-order valence-corrected chi connectivity index (χ4v) is 3.52. The molecule has 0 bridgehead atoms. The van der Waals surface area contributed by atoms with Crippen LogP contribution in [0.2, 0.25) is 0 Å². The molecule has 8 heteroatoms. The number of esters is 3. The summed E-state index contributed by atoms with van der Waals surface area (Å²) in [7, 11) is 0. The van der Waals surface area contributed by atoms with Crippen molar-refractivity contribution in [1.29, 1.82) is 0 Å². The van der Waals surface area contributed by atoms with Crippen molar-refractivity contribution < 1.29 is 38.4 Å². The van der Waals surface area contributed by atoms with Gasteiger partial charge in [0.05, 0.1) is 17.8 Å². The molecule has 0 aromatic rings. The van der Waals surface area contributed by atoms with E-state index in [1.54, 1.807) is 32.9 Å². The Morgan fingerprint density at radius 2 is 1.97 bits per heavy atom. The van der Waals surface area contributed by atoms with Crippen LogP contribution in [0.3, 0.4) is 0 Å². The van der Waals surface area contributed by atoms with Crippen molar-refractivity contribution >= 4 is 17.9 Å². The molecule has 1 aliphatic carbocycles. The van der Waals surface area contributed by atoms with Crippen LogP contribution in [0.5, 0.6) is 0 Å². The van der Waals surface area contributed by atoms with Crippen LogP contribution in [0.15, 0.2) is 46.8 Å². The van der Waals surface area contributed by atoms with Gasteiger partial charge >= 0.3 is 17.9 Å². The predicted octanol–water partition coefficient (Wildman–Crippen LogP) is 2.67. The zero-order valence-corrected chi connectivity index (χ0v) is 18.6. The lowest BCUT2D eigenvalue weighted by atomic mass is 9.86. The van der Waals surface area contributed by atoms with Crippen molar-refractivity contribution in [2.24, 2.45) is 0 Å². The van der Waals surface area contributed by atoms with Gasteiger partial charge in [-0.05, 0) is 45.4 Å². The number of fused-ring (bicyclic) bond motifs is 1. The molecule has 0 spiro atoms. The summed E-state index contributed by atoms with van der Waals surface area (Å²) in [5.41, 5.74) is -0.00471. The first-order valence-corrected chi connectivity index (χ1v) is 10.1. The molecule has 0 fully saturated rings. The standard InChI is InChI=1S/C23H30O8/c1-7-28-12-17-20-18(30-22(17)26)9-14(4)8-16(29-15(5)24)10-23(6,27)11-19(20)31-21(25)13(2)3/h8-9,16,19,27H,2,7,10-12H2,1,3-6H3/b14-8+,18-9+/t16-,19+,23+/m0/s1. The summed E-state index contributed by atoms with van der Waals surface area (Å²) in [6, 6.07) is 0. The Kier molecular flexibility index (Phi) is 7.97.